The maximum atomic E-state index is 14.4. The second-order valence-corrected chi connectivity index (χ2v) is 7.45. The number of benzene rings is 3. The van der Waals surface area contributed by atoms with Gasteiger partial charge in [-0.3, -0.25) is 4.79 Å². The molecule has 154 valence electrons. The molecule has 1 heterocycles. The van der Waals surface area contributed by atoms with Crippen molar-refractivity contribution in [2.24, 2.45) is 5.92 Å². The van der Waals surface area contributed by atoms with Crippen LogP contribution in [0, 0.1) is 17.6 Å². The number of phenols is 1. The van der Waals surface area contributed by atoms with Crippen LogP contribution in [0.3, 0.4) is 0 Å². The van der Waals surface area contributed by atoms with Crippen molar-refractivity contribution in [1.82, 2.24) is 0 Å². The molecular formula is C24H21F2NO3. The van der Waals surface area contributed by atoms with Crippen LogP contribution in [0.4, 0.5) is 14.5 Å². The van der Waals surface area contributed by atoms with Crippen molar-refractivity contribution in [3.63, 3.8) is 0 Å². The standard InChI is InChI=1S/C24H21F2NO3/c25-17-9-5-15(6-10-17)22(29)14-13-19-23(16-7-11-18(28)12-8-16)27(24(19)30)21-4-2-1-3-20(21)26/h1-12,19,22-23,28-29H,13-14H2/t19-,22+,23-/m1/s1. The summed E-state index contributed by atoms with van der Waals surface area (Å²) in [5, 5.41) is 20.0. The molecule has 1 aliphatic heterocycles. The second-order valence-electron chi connectivity index (χ2n) is 7.45. The zero-order chi connectivity index (χ0) is 21.3. The Morgan fingerprint density at radius 1 is 0.933 bits per heavy atom. The third-order valence-electron chi connectivity index (χ3n) is 5.57. The first-order chi connectivity index (χ1) is 14.5. The molecule has 30 heavy (non-hydrogen) atoms. The third-order valence-corrected chi connectivity index (χ3v) is 5.57. The smallest absolute Gasteiger partial charge is 0.233 e. The van der Waals surface area contributed by atoms with Gasteiger partial charge in [0.15, 0.2) is 0 Å². The quantitative estimate of drug-likeness (QED) is 0.570. The van der Waals surface area contributed by atoms with Gasteiger partial charge in [-0.15, -0.1) is 0 Å². The van der Waals surface area contributed by atoms with Gasteiger partial charge in [0.2, 0.25) is 5.91 Å². The average Bonchev–Trinajstić information content (AvgIpc) is 2.74. The first-order valence-corrected chi connectivity index (χ1v) is 9.76. The summed E-state index contributed by atoms with van der Waals surface area (Å²) >= 11 is 0. The average molecular weight is 409 g/mol. The molecule has 0 unspecified atom stereocenters. The third kappa shape index (κ3) is 3.78. The van der Waals surface area contributed by atoms with E-state index in [2.05, 4.69) is 0 Å². The Bertz CT molecular complexity index is 1040. The van der Waals surface area contributed by atoms with E-state index in [9.17, 15) is 23.8 Å². The summed E-state index contributed by atoms with van der Waals surface area (Å²) in [7, 11) is 0. The van der Waals surface area contributed by atoms with Crippen molar-refractivity contribution in [3.8, 4) is 5.75 Å². The van der Waals surface area contributed by atoms with E-state index in [1.807, 2.05) is 0 Å². The zero-order valence-electron chi connectivity index (χ0n) is 16.1. The molecule has 6 heteroatoms. The predicted molar refractivity (Wildman–Crippen MR) is 109 cm³/mol. The maximum Gasteiger partial charge on any atom is 0.233 e. The number of amides is 1. The summed E-state index contributed by atoms with van der Waals surface area (Å²) in [6.07, 6.45) is -0.142. The van der Waals surface area contributed by atoms with Crippen LogP contribution in [0.15, 0.2) is 72.8 Å². The van der Waals surface area contributed by atoms with Gasteiger partial charge in [0.05, 0.1) is 23.8 Å². The number of aliphatic hydroxyl groups excluding tert-OH is 1. The predicted octanol–water partition coefficient (Wildman–Crippen LogP) is 4.89. The van der Waals surface area contributed by atoms with Crippen LogP contribution in [0.5, 0.6) is 5.75 Å². The summed E-state index contributed by atoms with van der Waals surface area (Å²) < 4.78 is 27.5. The van der Waals surface area contributed by atoms with E-state index in [1.165, 1.54) is 47.4 Å². The molecule has 0 aromatic heterocycles. The summed E-state index contributed by atoms with van der Waals surface area (Å²) in [4.78, 5) is 14.4. The van der Waals surface area contributed by atoms with E-state index in [0.717, 1.165) is 5.56 Å². The van der Waals surface area contributed by atoms with Crippen LogP contribution in [0.1, 0.15) is 36.1 Å². The van der Waals surface area contributed by atoms with Crippen molar-refractivity contribution in [3.05, 3.63) is 95.6 Å². The lowest BCUT2D eigenvalue weighted by molar-refractivity contribution is -0.131. The van der Waals surface area contributed by atoms with E-state index in [4.69, 9.17) is 0 Å². The van der Waals surface area contributed by atoms with Gasteiger partial charge < -0.3 is 15.1 Å². The van der Waals surface area contributed by atoms with E-state index < -0.39 is 23.9 Å². The molecule has 4 rings (SSSR count). The first-order valence-electron chi connectivity index (χ1n) is 9.76. The van der Waals surface area contributed by atoms with Crippen LogP contribution in [-0.4, -0.2) is 16.1 Å². The Morgan fingerprint density at radius 3 is 2.27 bits per heavy atom. The number of carbonyl (C=O) groups excluding carboxylic acids is 1. The second kappa shape index (κ2) is 8.24. The summed E-state index contributed by atoms with van der Waals surface area (Å²) in [5.41, 5.74) is 1.56. The number of rotatable bonds is 6. The van der Waals surface area contributed by atoms with Gasteiger partial charge in [-0.2, -0.15) is 0 Å². The molecule has 2 N–H and O–H groups in total. The lowest BCUT2D eigenvalue weighted by Gasteiger charge is -2.48. The molecule has 3 atom stereocenters. The molecule has 1 fully saturated rings. The monoisotopic (exact) mass is 409 g/mol. The number of phenolic OH excluding ortho intramolecular Hbond substituents is 1. The molecule has 1 aliphatic rings. The highest BCUT2D eigenvalue weighted by atomic mass is 19.1. The van der Waals surface area contributed by atoms with Gasteiger partial charge in [0.25, 0.3) is 0 Å². The van der Waals surface area contributed by atoms with Crippen LogP contribution in [0.2, 0.25) is 0 Å². The van der Waals surface area contributed by atoms with E-state index >= 15 is 0 Å². The van der Waals surface area contributed by atoms with Crippen LogP contribution in [0.25, 0.3) is 0 Å². The fourth-order valence-corrected chi connectivity index (χ4v) is 3.99. The molecule has 3 aromatic rings. The fraction of sp³-hybridized carbons (Fsp3) is 0.208. The summed E-state index contributed by atoms with van der Waals surface area (Å²) in [6, 6.07) is 17.8. The van der Waals surface area contributed by atoms with E-state index in [1.54, 1.807) is 30.3 Å². The topological polar surface area (TPSA) is 60.8 Å². The van der Waals surface area contributed by atoms with Crippen molar-refractivity contribution >= 4 is 11.6 Å². The molecule has 0 bridgehead atoms. The minimum Gasteiger partial charge on any atom is -0.508 e. The SMILES string of the molecule is O=C1[C@H](CC[C@H](O)c2ccc(F)cc2)[C@@H](c2ccc(O)cc2)N1c1ccccc1F. The Balaban J connectivity index is 1.57. The molecule has 0 spiro atoms. The zero-order valence-corrected chi connectivity index (χ0v) is 16.1. The van der Waals surface area contributed by atoms with Gasteiger partial charge in [-0.25, -0.2) is 8.78 Å². The number of aromatic hydroxyl groups is 1. The number of para-hydroxylation sites is 1. The Morgan fingerprint density at radius 2 is 1.60 bits per heavy atom. The number of hydrogen-bond donors (Lipinski definition) is 2. The van der Waals surface area contributed by atoms with Gasteiger partial charge >= 0.3 is 0 Å². The van der Waals surface area contributed by atoms with Gasteiger partial charge in [0.1, 0.15) is 17.4 Å². The van der Waals surface area contributed by atoms with Crippen LogP contribution < -0.4 is 4.90 Å². The number of anilines is 1. The van der Waals surface area contributed by atoms with Gasteiger partial charge in [-0.05, 0) is 60.4 Å². The van der Waals surface area contributed by atoms with Crippen molar-refractivity contribution in [1.29, 1.82) is 0 Å². The highest BCUT2D eigenvalue weighted by molar-refractivity contribution is 6.03. The number of β-lactam (4-membered cyclic amide) rings is 1. The van der Waals surface area contributed by atoms with E-state index in [0.29, 0.717) is 18.4 Å². The molecule has 0 saturated carbocycles. The maximum absolute atomic E-state index is 14.4. The Labute approximate surface area is 173 Å². The lowest BCUT2D eigenvalue weighted by Crippen LogP contribution is -2.55. The highest BCUT2D eigenvalue weighted by Gasteiger charge is 2.49. The Hall–Kier alpha value is -3.25. The number of carbonyl (C=O) groups is 1. The molecule has 1 amide bonds. The van der Waals surface area contributed by atoms with Crippen molar-refractivity contribution in [2.45, 2.75) is 25.0 Å². The molecule has 0 aliphatic carbocycles. The van der Waals surface area contributed by atoms with Gasteiger partial charge in [0, 0.05) is 0 Å². The summed E-state index contributed by atoms with van der Waals surface area (Å²) in [5.74, 6) is -1.42. The van der Waals surface area contributed by atoms with Gasteiger partial charge in [-0.1, -0.05) is 36.4 Å². The largest absolute Gasteiger partial charge is 0.508 e. The van der Waals surface area contributed by atoms with E-state index in [-0.39, 0.29) is 23.2 Å². The highest BCUT2D eigenvalue weighted by Crippen LogP contribution is 2.47. The number of hydrogen-bond acceptors (Lipinski definition) is 3. The number of nitrogens with zero attached hydrogens (tertiary/aromatic N) is 1. The molecule has 3 aromatic carbocycles. The molecule has 4 nitrogen and oxygen atoms in total. The number of halogens is 2. The van der Waals surface area contributed by atoms with Crippen LogP contribution in [-0.2, 0) is 4.79 Å². The minimum atomic E-state index is -0.832. The first kappa shape index (κ1) is 20.0. The fourth-order valence-electron chi connectivity index (χ4n) is 3.99. The normalized spacial score (nSPS) is 19.4. The lowest BCUT2D eigenvalue weighted by atomic mass is 9.78. The van der Waals surface area contributed by atoms with Crippen LogP contribution >= 0.6 is 0 Å². The number of aliphatic hydroxyl groups is 1. The summed E-state index contributed by atoms with van der Waals surface area (Å²) in [6.45, 7) is 0. The van der Waals surface area contributed by atoms with Crippen molar-refractivity contribution in [2.75, 3.05) is 4.90 Å². The minimum absolute atomic E-state index is 0.102. The Kier molecular flexibility index (Phi) is 5.50. The molecular weight excluding hydrogens is 388 g/mol. The molecule has 0 radical (unpaired) electrons. The molecule has 1 saturated heterocycles. The van der Waals surface area contributed by atoms with Crippen molar-refractivity contribution < 1.29 is 23.8 Å².